The predicted molar refractivity (Wildman–Crippen MR) is 77.9 cm³/mol. The standard InChI is InChI=1S/C14H19BrN2O2/c1-10(19-2)9-17-8-7-16-14(18)13(17)11-3-5-12(15)6-4-11/h3-6,10,13H,7-9H2,1-2H3,(H,16,18)/t10-,13+/m0/s1. The molecule has 104 valence electrons. The van der Waals surface area contributed by atoms with Crippen LogP contribution in [0.2, 0.25) is 0 Å². The van der Waals surface area contributed by atoms with Crippen LogP contribution in [0.1, 0.15) is 18.5 Å². The van der Waals surface area contributed by atoms with Gasteiger partial charge in [-0.25, -0.2) is 0 Å². The lowest BCUT2D eigenvalue weighted by atomic mass is 10.0. The average molecular weight is 327 g/mol. The van der Waals surface area contributed by atoms with E-state index in [0.717, 1.165) is 23.1 Å². The number of nitrogens with zero attached hydrogens (tertiary/aromatic N) is 1. The zero-order chi connectivity index (χ0) is 13.8. The highest BCUT2D eigenvalue weighted by Gasteiger charge is 2.31. The van der Waals surface area contributed by atoms with Gasteiger partial charge in [-0.3, -0.25) is 9.69 Å². The first kappa shape index (κ1) is 14.5. The van der Waals surface area contributed by atoms with Crippen LogP contribution in [0, 0.1) is 0 Å². The zero-order valence-corrected chi connectivity index (χ0v) is 12.8. The molecule has 19 heavy (non-hydrogen) atoms. The van der Waals surface area contributed by atoms with E-state index in [2.05, 4.69) is 26.1 Å². The fourth-order valence-electron chi connectivity index (χ4n) is 2.32. The monoisotopic (exact) mass is 326 g/mol. The van der Waals surface area contributed by atoms with Crippen LogP contribution in [0.4, 0.5) is 0 Å². The fraction of sp³-hybridized carbons (Fsp3) is 0.500. The minimum absolute atomic E-state index is 0.0666. The number of hydrogen-bond acceptors (Lipinski definition) is 3. The van der Waals surface area contributed by atoms with Crippen LogP contribution >= 0.6 is 15.9 Å². The van der Waals surface area contributed by atoms with Gasteiger partial charge < -0.3 is 10.1 Å². The molecule has 1 fully saturated rings. The second kappa shape index (κ2) is 6.50. The molecule has 0 aromatic heterocycles. The van der Waals surface area contributed by atoms with Crippen molar-refractivity contribution in [3.8, 4) is 0 Å². The molecule has 0 bridgehead atoms. The second-order valence-electron chi connectivity index (χ2n) is 4.79. The number of carbonyl (C=O) groups excluding carboxylic acids is 1. The summed E-state index contributed by atoms with van der Waals surface area (Å²) in [5, 5.41) is 2.93. The lowest BCUT2D eigenvalue weighted by molar-refractivity contribution is -0.130. The number of rotatable bonds is 4. The van der Waals surface area contributed by atoms with Crippen molar-refractivity contribution >= 4 is 21.8 Å². The summed E-state index contributed by atoms with van der Waals surface area (Å²) >= 11 is 3.42. The summed E-state index contributed by atoms with van der Waals surface area (Å²) in [5.41, 5.74) is 1.02. The number of benzene rings is 1. The minimum atomic E-state index is -0.223. The highest BCUT2D eigenvalue weighted by Crippen LogP contribution is 2.25. The van der Waals surface area contributed by atoms with Crippen molar-refractivity contribution < 1.29 is 9.53 Å². The van der Waals surface area contributed by atoms with Crippen LogP contribution in [-0.4, -0.2) is 43.7 Å². The summed E-state index contributed by atoms with van der Waals surface area (Å²) in [6.07, 6.45) is 0.115. The van der Waals surface area contributed by atoms with Gasteiger partial charge in [-0.1, -0.05) is 28.1 Å². The number of ether oxygens (including phenoxy) is 1. The van der Waals surface area contributed by atoms with Crippen molar-refractivity contribution in [2.45, 2.75) is 19.1 Å². The number of halogens is 1. The molecule has 0 saturated carbocycles. The normalized spacial score (nSPS) is 22.1. The quantitative estimate of drug-likeness (QED) is 0.919. The van der Waals surface area contributed by atoms with E-state index >= 15 is 0 Å². The van der Waals surface area contributed by atoms with E-state index < -0.39 is 0 Å². The van der Waals surface area contributed by atoms with Gasteiger partial charge in [-0.05, 0) is 24.6 Å². The van der Waals surface area contributed by atoms with Gasteiger partial charge in [0.15, 0.2) is 0 Å². The Balaban J connectivity index is 2.20. The van der Waals surface area contributed by atoms with Gasteiger partial charge in [-0.15, -0.1) is 0 Å². The summed E-state index contributed by atoms with van der Waals surface area (Å²) in [6.45, 7) is 4.32. The van der Waals surface area contributed by atoms with Crippen LogP contribution < -0.4 is 5.32 Å². The van der Waals surface area contributed by atoms with Crippen LogP contribution in [-0.2, 0) is 9.53 Å². The Morgan fingerprint density at radius 3 is 2.79 bits per heavy atom. The second-order valence-corrected chi connectivity index (χ2v) is 5.70. The number of nitrogens with one attached hydrogen (secondary N) is 1. The maximum Gasteiger partial charge on any atom is 0.242 e. The van der Waals surface area contributed by atoms with Crippen molar-refractivity contribution in [2.24, 2.45) is 0 Å². The molecule has 2 rings (SSSR count). The Bertz CT molecular complexity index is 436. The lowest BCUT2D eigenvalue weighted by Crippen LogP contribution is -2.51. The number of amides is 1. The van der Waals surface area contributed by atoms with Crippen molar-refractivity contribution in [1.29, 1.82) is 0 Å². The topological polar surface area (TPSA) is 41.6 Å². The molecule has 0 aliphatic carbocycles. The molecule has 1 aliphatic heterocycles. The van der Waals surface area contributed by atoms with E-state index in [-0.39, 0.29) is 18.1 Å². The third-order valence-electron chi connectivity index (χ3n) is 3.39. The maximum absolute atomic E-state index is 12.2. The molecule has 1 aromatic carbocycles. The Labute approximate surface area is 122 Å². The molecule has 1 saturated heterocycles. The largest absolute Gasteiger partial charge is 0.380 e. The molecule has 0 unspecified atom stereocenters. The first-order valence-corrected chi connectivity index (χ1v) is 7.21. The van der Waals surface area contributed by atoms with Gasteiger partial charge in [0.05, 0.1) is 6.10 Å². The van der Waals surface area contributed by atoms with E-state index in [1.807, 2.05) is 31.2 Å². The van der Waals surface area contributed by atoms with Gasteiger partial charge in [0.1, 0.15) is 6.04 Å². The highest BCUT2D eigenvalue weighted by molar-refractivity contribution is 9.10. The molecule has 1 aliphatic rings. The summed E-state index contributed by atoms with van der Waals surface area (Å²) in [7, 11) is 1.70. The molecule has 2 atom stereocenters. The molecule has 1 amide bonds. The molecule has 0 spiro atoms. The maximum atomic E-state index is 12.2. The Hall–Kier alpha value is -0.910. The van der Waals surface area contributed by atoms with E-state index in [9.17, 15) is 4.79 Å². The van der Waals surface area contributed by atoms with Gasteiger partial charge in [0.25, 0.3) is 0 Å². The van der Waals surface area contributed by atoms with Gasteiger partial charge >= 0.3 is 0 Å². The zero-order valence-electron chi connectivity index (χ0n) is 11.2. The SMILES string of the molecule is CO[C@@H](C)CN1CCNC(=O)[C@H]1c1ccc(Br)cc1. The Kier molecular flexibility index (Phi) is 4.96. The minimum Gasteiger partial charge on any atom is -0.380 e. The molecule has 1 heterocycles. The van der Waals surface area contributed by atoms with Gasteiger partial charge in [0.2, 0.25) is 5.91 Å². The lowest BCUT2D eigenvalue weighted by Gasteiger charge is -2.36. The molecule has 0 radical (unpaired) electrons. The molecule has 4 nitrogen and oxygen atoms in total. The molecular formula is C14H19BrN2O2. The summed E-state index contributed by atoms with van der Waals surface area (Å²) in [5.74, 6) is 0.0666. The Morgan fingerprint density at radius 2 is 2.16 bits per heavy atom. The summed E-state index contributed by atoms with van der Waals surface area (Å²) in [4.78, 5) is 14.3. The molecule has 5 heteroatoms. The van der Waals surface area contributed by atoms with E-state index in [1.54, 1.807) is 7.11 Å². The van der Waals surface area contributed by atoms with E-state index in [1.165, 1.54) is 0 Å². The van der Waals surface area contributed by atoms with Crippen LogP contribution in [0.5, 0.6) is 0 Å². The number of carbonyl (C=O) groups is 1. The van der Waals surface area contributed by atoms with Crippen LogP contribution in [0.3, 0.4) is 0 Å². The van der Waals surface area contributed by atoms with Crippen LogP contribution in [0.15, 0.2) is 28.7 Å². The first-order chi connectivity index (χ1) is 9.11. The first-order valence-electron chi connectivity index (χ1n) is 6.42. The third kappa shape index (κ3) is 3.55. The van der Waals surface area contributed by atoms with Crippen molar-refractivity contribution in [1.82, 2.24) is 10.2 Å². The molecule has 1 N–H and O–H groups in total. The fourth-order valence-corrected chi connectivity index (χ4v) is 2.59. The summed E-state index contributed by atoms with van der Waals surface area (Å²) in [6, 6.07) is 7.69. The number of piperazine rings is 1. The molecular weight excluding hydrogens is 308 g/mol. The van der Waals surface area contributed by atoms with E-state index in [0.29, 0.717) is 6.54 Å². The van der Waals surface area contributed by atoms with E-state index in [4.69, 9.17) is 4.74 Å². The number of hydrogen-bond donors (Lipinski definition) is 1. The smallest absolute Gasteiger partial charge is 0.242 e. The van der Waals surface area contributed by atoms with Gasteiger partial charge in [0, 0.05) is 31.2 Å². The van der Waals surface area contributed by atoms with Crippen molar-refractivity contribution in [2.75, 3.05) is 26.7 Å². The Morgan fingerprint density at radius 1 is 1.47 bits per heavy atom. The van der Waals surface area contributed by atoms with Crippen LogP contribution in [0.25, 0.3) is 0 Å². The third-order valence-corrected chi connectivity index (χ3v) is 3.92. The van der Waals surface area contributed by atoms with Crippen molar-refractivity contribution in [3.05, 3.63) is 34.3 Å². The van der Waals surface area contributed by atoms with Gasteiger partial charge in [-0.2, -0.15) is 0 Å². The summed E-state index contributed by atoms with van der Waals surface area (Å²) < 4.78 is 6.33. The molecule has 1 aromatic rings. The number of methoxy groups -OCH3 is 1. The highest BCUT2D eigenvalue weighted by atomic mass is 79.9. The van der Waals surface area contributed by atoms with Crippen molar-refractivity contribution in [3.63, 3.8) is 0 Å². The predicted octanol–water partition coefficient (Wildman–Crippen LogP) is 1.96. The average Bonchev–Trinajstić information content (AvgIpc) is 2.40.